The molecule has 0 amide bonds. The largest absolute Gasteiger partial charge is 0.397 e. The lowest BCUT2D eigenvalue weighted by atomic mass is 10.0. The van der Waals surface area contributed by atoms with Crippen molar-refractivity contribution in [1.82, 2.24) is 4.90 Å². The molecule has 0 spiro atoms. The van der Waals surface area contributed by atoms with Crippen LogP contribution in [0.5, 0.6) is 0 Å². The normalized spacial score (nSPS) is 11.9. The summed E-state index contributed by atoms with van der Waals surface area (Å²) in [6, 6.07) is 5.50. The second-order valence-electron chi connectivity index (χ2n) is 4.79. The van der Waals surface area contributed by atoms with Crippen LogP contribution in [0.4, 0.5) is 11.4 Å². The number of nitrogen functional groups attached to an aromatic ring is 1. The quantitative estimate of drug-likeness (QED) is 0.797. The van der Waals surface area contributed by atoms with Gasteiger partial charge in [0.05, 0.1) is 11.4 Å². The molecule has 0 aliphatic rings. The number of nitrogens with one attached hydrogen (secondary N) is 1. The highest BCUT2D eigenvalue weighted by atomic mass is 35.5. The van der Waals surface area contributed by atoms with Crippen molar-refractivity contribution in [3.8, 4) is 0 Å². The van der Waals surface area contributed by atoms with Crippen LogP contribution in [0.1, 0.15) is 13.8 Å². The van der Waals surface area contributed by atoms with Crippen molar-refractivity contribution in [1.29, 1.82) is 0 Å². The van der Waals surface area contributed by atoms with E-state index in [-0.39, 0.29) is 5.54 Å². The molecule has 1 aromatic rings. The maximum absolute atomic E-state index is 5.87. The Morgan fingerprint density at radius 3 is 2.50 bits per heavy atom. The van der Waals surface area contributed by atoms with Gasteiger partial charge in [-0.25, -0.2) is 0 Å². The molecule has 0 atom stereocenters. The number of rotatable bonds is 4. The minimum Gasteiger partial charge on any atom is -0.397 e. The van der Waals surface area contributed by atoms with E-state index in [1.54, 1.807) is 6.07 Å². The maximum Gasteiger partial charge on any atom is 0.0575 e. The lowest BCUT2D eigenvalue weighted by molar-refractivity contribution is 0.210. The van der Waals surface area contributed by atoms with Gasteiger partial charge in [-0.15, -0.1) is 0 Å². The maximum atomic E-state index is 5.87. The fraction of sp³-hybridized carbons (Fsp3) is 0.500. The summed E-state index contributed by atoms with van der Waals surface area (Å²) in [6.45, 7) is 5.17. The van der Waals surface area contributed by atoms with E-state index in [9.17, 15) is 0 Å². The van der Waals surface area contributed by atoms with E-state index in [1.807, 2.05) is 12.1 Å². The first-order valence-corrected chi connectivity index (χ1v) is 5.67. The number of anilines is 2. The fourth-order valence-electron chi connectivity index (χ4n) is 1.16. The summed E-state index contributed by atoms with van der Waals surface area (Å²) in [5, 5.41) is 4.00. The topological polar surface area (TPSA) is 41.3 Å². The van der Waals surface area contributed by atoms with Gasteiger partial charge in [0, 0.05) is 17.1 Å². The Balaban J connectivity index is 2.68. The van der Waals surface area contributed by atoms with Crippen LogP contribution in [0.3, 0.4) is 0 Å². The molecule has 1 aromatic carbocycles. The Morgan fingerprint density at radius 2 is 2.00 bits per heavy atom. The second-order valence-corrected chi connectivity index (χ2v) is 5.23. The van der Waals surface area contributed by atoms with E-state index >= 15 is 0 Å². The molecule has 3 nitrogen and oxygen atoms in total. The number of likely N-dealkylation sites (N-methyl/N-ethyl adjacent to an activating group) is 1. The predicted octanol–water partition coefficient (Wildman–Crippen LogP) is 2.67. The van der Waals surface area contributed by atoms with Crippen molar-refractivity contribution in [2.45, 2.75) is 19.4 Å². The van der Waals surface area contributed by atoms with Gasteiger partial charge in [0.15, 0.2) is 0 Å². The minimum atomic E-state index is 0.0755. The molecule has 0 saturated heterocycles. The highest BCUT2D eigenvalue weighted by molar-refractivity contribution is 6.31. The first-order chi connectivity index (χ1) is 7.33. The average molecular weight is 242 g/mol. The summed E-state index contributed by atoms with van der Waals surface area (Å²) >= 11 is 5.84. The van der Waals surface area contributed by atoms with Crippen LogP contribution >= 0.6 is 11.6 Å². The molecule has 0 aliphatic heterocycles. The lowest BCUT2D eigenvalue weighted by Gasteiger charge is -2.33. The molecule has 0 aliphatic carbocycles. The molecule has 16 heavy (non-hydrogen) atoms. The molecular formula is C12H20ClN3. The number of benzene rings is 1. The fourth-order valence-corrected chi connectivity index (χ4v) is 1.34. The molecule has 3 N–H and O–H groups in total. The molecule has 0 heterocycles. The number of hydrogen-bond acceptors (Lipinski definition) is 3. The van der Waals surface area contributed by atoms with E-state index in [4.69, 9.17) is 17.3 Å². The number of halogens is 1. The summed E-state index contributed by atoms with van der Waals surface area (Å²) in [5.74, 6) is 0. The van der Waals surface area contributed by atoms with E-state index in [1.165, 1.54) is 0 Å². The predicted molar refractivity (Wildman–Crippen MR) is 72.1 cm³/mol. The van der Waals surface area contributed by atoms with Gasteiger partial charge < -0.3 is 16.0 Å². The number of hydrogen-bond donors (Lipinski definition) is 2. The molecule has 1 rings (SSSR count). The third kappa shape index (κ3) is 3.29. The van der Waals surface area contributed by atoms with Crippen LogP contribution < -0.4 is 11.1 Å². The van der Waals surface area contributed by atoms with Crippen LogP contribution in [0.2, 0.25) is 5.02 Å². The Labute approximate surface area is 103 Å². The summed E-state index contributed by atoms with van der Waals surface area (Å²) in [4.78, 5) is 2.17. The number of nitrogens with two attached hydrogens (primary N) is 1. The van der Waals surface area contributed by atoms with Gasteiger partial charge in [-0.2, -0.15) is 0 Å². The monoisotopic (exact) mass is 241 g/mol. The van der Waals surface area contributed by atoms with Crippen molar-refractivity contribution < 1.29 is 0 Å². The summed E-state index contributed by atoms with van der Waals surface area (Å²) in [5.41, 5.74) is 7.55. The van der Waals surface area contributed by atoms with Crippen molar-refractivity contribution in [3.05, 3.63) is 23.2 Å². The third-order valence-corrected chi connectivity index (χ3v) is 3.17. The van der Waals surface area contributed by atoms with Crippen LogP contribution in [-0.4, -0.2) is 31.1 Å². The van der Waals surface area contributed by atoms with Crippen LogP contribution in [0.25, 0.3) is 0 Å². The van der Waals surface area contributed by atoms with Gasteiger partial charge >= 0.3 is 0 Å². The SMILES string of the molecule is CN(C)C(C)(C)CNc1ccc(Cl)cc1N. The van der Waals surface area contributed by atoms with Gasteiger partial charge in [0.2, 0.25) is 0 Å². The van der Waals surface area contributed by atoms with E-state index in [2.05, 4.69) is 38.2 Å². The average Bonchev–Trinajstić information content (AvgIpc) is 2.16. The molecule has 0 saturated carbocycles. The smallest absolute Gasteiger partial charge is 0.0575 e. The molecular weight excluding hydrogens is 222 g/mol. The highest BCUT2D eigenvalue weighted by Crippen LogP contribution is 2.23. The van der Waals surface area contributed by atoms with Crippen LogP contribution in [0, 0.1) is 0 Å². The molecule has 4 heteroatoms. The molecule has 0 bridgehead atoms. The summed E-state index contributed by atoms with van der Waals surface area (Å²) in [7, 11) is 4.12. The Kier molecular flexibility index (Phi) is 4.05. The highest BCUT2D eigenvalue weighted by Gasteiger charge is 2.20. The Morgan fingerprint density at radius 1 is 1.38 bits per heavy atom. The molecule has 0 radical (unpaired) electrons. The lowest BCUT2D eigenvalue weighted by Crippen LogP contribution is -2.44. The van der Waals surface area contributed by atoms with Crippen LogP contribution in [-0.2, 0) is 0 Å². The van der Waals surface area contributed by atoms with Gasteiger partial charge in [-0.05, 0) is 46.1 Å². The zero-order chi connectivity index (χ0) is 12.3. The zero-order valence-corrected chi connectivity index (χ0v) is 11.1. The molecule has 0 aromatic heterocycles. The van der Waals surface area contributed by atoms with Crippen molar-refractivity contribution in [2.75, 3.05) is 31.7 Å². The first-order valence-electron chi connectivity index (χ1n) is 5.29. The standard InChI is InChI=1S/C12H20ClN3/c1-12(2,16(3)4)8-15-11-6-5-9(13)7-10(11)14/h5-7,15H,8,14H2,1-4H3. The Hall–Kier alpha value is -0.930. The zero-order valence-electron chi connectivity index (χ0n) is 10.3. The summed E-state index contributed by atoms with van der Waals surface area (Å²) < 4.78 is 0. The summed E-state index contributed by atoms with van der Waals surface area (Å²) in [6.07, 6.45) is 0. The minimum absolute atomic E-state index is 0.0755. The van der Waals surface area contributed by atoms with E-state index < -0.39 is 0 Å². The van der Waals surface area contributed by atoms with E-state index in [0.717, 1.165) is 12.2 Å². The second kappa shape index (κ2) is 4.93. The number of nitrogens with zero attached hydrogens (tertiary/aromatic N) is 1. The molecule has 90 valence electrons. The van der Waals surface area contributed by atoms with Crippen molar-refractivity contribution >= 4 is 23.0 Å². The van der Waals surface area contributed by atoms with E-state index in [0.29, 0.717) is 10.7 Å². The van der Waals surface area contributed by atoms with Gasteiger partial charge in [0.25, 0.3) is 0 Å². The third-order valence-electron chi connectivity index (χ3n) is 2.94. The van der Waals surface area contributed by atoms with Crippen molar-refractivity contribution in [3.63, 3.8) is 0 Å². The van der Waals surface area contributed by atoms with Gasteiger partial charge in [-0.1, -0.05) is 11.6 Å². The van der Waals surface area contributed by atoms with Crippen molar-refractivity contribution in [2.24, 2.45) is 0 Å². The van der Waals surface area contributed by atoms with Gasteiger partial charge in [0.1, 0.15) is 0 Å². The molecule has 0 fully saturated rings. The van der Waals surface area contributed by atoms with Gasteiger partial charge in [-0.3, -0.25) is 0 Å². The first kappa shape index (κ1) is 13.1. The Bertz CT molecular complexity index is 361. The van der Waals surface area contributed by atoms with Crippen LogP contribution in [0.15, 0.2) is 18.2 Å². The molecule has 0 unspecified atom stereocenters.